The van der Waals surface area contributed by atoms with Gasteiger partial charge in [-0.3, -0.25) is 24.1 Å². The maximum Gasteiger partial charge on any atom is 0.249 e. The number of hydrogen-bond donors (Lipinski definition) is 5. The van der Waals surface area contributed by atoms with E-state index >= 15 is 0 Å². The molecule has 74 heavy (non-hydrogen) atoms. The van der Waals surface area contributed by atoms with Crippen LogP contribution >= 0.6 is 0 Å². The van der Waals surface area contributed by atoms with Crippen LogP contribution in [0.2, 0.25) is 0 Å². The molecule has 4 amide bonds. The number of nitrogens with one attached hydrogen (secondary N) is 5. The normalized spacial score (nSPS) is 12.9. The van der Waals surface area contributed by atoms with Crippen molar-refractivity contribution in [2.45, 2.75) is 44.6 Å². The zero-order valence-corrected chi connectivity index (χ0v) is 40.8. The molecule has 0 aliphatic carbocycles. The molecule has 1 aliphatic rings. The van der Waals surface area contributed by atoms with E-state index in [9.17, 15) is 28.0 Å². The van der Waals surface area contributed by atoms with Crippen molar-refractivity contribution in [3.8, 4) is 23.0 Å². The van der Waals surface area contributed by atoms with Gasteiger partial charge in [-0.25, -0.2) is 13.8 Å². The predicted octanol–water partition coefficient (Wildman–Crippen LogP) is 9.09. The molecule has 5 N–H and O–H groups in total. The molecule has 2 unspecified atom stereocenters. The second-order valence-corrected chi connectivity index (χ2v) is 17.5. The highest BCUT2D eigenvalue weighted by Crippen LogP contribution is 2.26. The Balaban J connectivity index is 0.000000217. The Hall–Kier alpha value is -8.51. The molecular weight excluding hydrogens is 949 g/mol. The fraction of sp³-hybridized carbons (Fsp3) is 0.211. The van der Waals surface area contributed by atoms with Crippen molar-refractivity contribution in [3.63, 3.8) is 0 Å². The first-order valence-corrected chi connectivity index (χ1v) is 23.7. The third-order valence-corrected chi connectivity index (χ3v) is 11.4. The van der Waals surface area contributed by atoms with Crippen LogP contribution in [0.15, 0.2) is 182 Å². The van der Waals surface area contributed by atoms with E-state index in [4.69, 9.17) is 18.9 Å². The van der Waals surface area contributed by atoms with Gasteiger partial charge in [0.1, 0.15) is 46.7 Å². The number of halogens is 2. The van der Waals surface area contributed by atoms with Crippen molar-refractivity contribution in [1.82, 2.24) is 25.5 Å². The molecule has 1 aromatic heterocycles. The van der Waals surface area contributed by atoms with E-state index in [1.807, 2.05) is 77.7 Å². The zero-order chi connectivity index (χ0) is 52.1. The van der Waals surface area contributed by atoms with Gasteiger partial charge >= 0.3 is 0 Å². The van der Waals surface area contributed by atoms with Crippen LogP contribution in [0.3, 0.4) is 0 Å². The summed E-state index contributed by atoms with van der Waals surface area (Å²) in [6.07, 6.45) is 7.09. The van der Waals surface area contributed by atoms with Crippen LogP contribution in [0.25, 0.3) is 0 Å². The Morgan fingerprint density at radius 3 is 1.43 bits per heavy atom. The standard InChI is InChI=1S/C29H29FN4O4.C28H28FN3O4/c1-29(2,26-16-31-19-32-26)28(36)34-25(18-37-17-20-6-4-3-5-7-20)27(35)33-22-10-14-24(15-11-22)38-23-12-8-21(30)9-13-23;29-22-8-12-24(13-9-22)36-25-14-10-23(11-15-25)30-28(34)26(20-35-19-21-6-2-1-3-7-21)31-27(33)18-32-16-4-5-17-32/h3-16,19,25H,17-18H2,1-2H3,(H,31,32)(H,33,35)(H,34,36);1-15,26H,16-20H2,(H,30,34)(H,31,33). The molecule has 2 atom stereocenters. The number of aromatic amines is 1. The molecule has 2 heterocycles. The van der Waals surface area contributed by atoms with Gasteiger partial charge in [-0.1, -0.05) is 72.8 Å². The van der Waals surface area contributed by atoms with E-state index in [1.54, 1.807) is 68.6 Å². The summed E-state index contributed by atoms with van der Waals surface area (Å²) in [5.41, 5.74) is 2.65. The summed E-state index contributed by atoms with van der Waals surface area (Å²) in [5.74, 6) is -0.0618. The Bertz CT molecular complexity index is 2880. The smallest absolute Gasteiger partial charge is 0.249 e. The van der Waals surface area contributed by atoms with Crippen LogP contribution in [0.5, 0.6) is 23.0 Å². The minimum atomic E-state index is -0.955. The van der Waals surface area contributed by atoms with Gasteiger partial charge in [-0.05, 0) is 122 Å². The minimum Gasteiger partial charge on any atom is -0.457 e. The van der Waals surface area contributed by atoms with Gasteiger partial charge in [0.2, 0.25) is 23.6 Å². The summed E-state index contributed by atoms with van der Waals surface area (Å²) in [5, 5.41) is 11.3. The number of amides is 4. The van der Waals surface area contributed by atoms with Gasteiger partial charge in [-0.2, -0.15) is 0 Å². The second kappa shape index (κ2) is 26.8. The molecule has 0 bridgehead atoms. The summed E-state index contributed by atoms with van der Waals surface area (Å²) in [4.78, 5) is 60.9. The monoisotopic (exact) mass is 1010 g/mol. The molecule has 382 valence electrons. The largest absolute Gasteiger partial charge is 0.457 e. The van der Waals surface area contributed by atoms with Crippen molar-refractivity contribution < 1.29 is 46.9 Å². The molecular formula is C57H57F2N7O8. The quantitative estimate of drug-likeness (QED) is 0.0411. The lowest BCUT2D eigenvalue weighted by Crippen LogP contribution is -2.52. The first-order chi connectivity index (χ1) is 35.9. The first kappa shape index (κ1) is 53.3. The third-order valence-electron chi connectivity index (χ3n) is 11.4. The second-order valence-electron chi connectivity index (χ2n) is 17.5. The average molecular weight is 1010 g/mol. The number of benzene rings is 6. The number of anilines is 2. The Labute approximate surface area is 427 Å². The molecule has 0 spiro atoms. The number of aromatic nitrogens is 2. The maximum atomic E-state index is 13.2. The van der Waals surface area contributed by atoms with E-state index in [0.717, 1.165) is 11.1 Å². The first-order valence-electron chi connectivity index (χ1n) is 23.7. The number of nitrogens with zero attached hydrogens (tertiary/aromatic N) is 2. The number of imidazole rings is 1. The van der Waals surface area contributed by atoms with Crippen LogP contribution in [0.4, 0.5) is 20.2 Å². The molecule has 7 aromatic rings. The lowest BCUT2D eigenvalue weighted by Gasteiger charge is -2.26. The fourth-order valence-electron chi connectivity index (χ4n) is 7.20. The van der Waals surface area contributed by atoms with Crippen molar-refractivity contribution in [3.05, 3.63) is 211 Å². The predicted molar refractivity (Wildman–Crippen MR) is 276 cm³/mol. The molecule has 0 radical (unpaired) electrons. The van der Waals surface area contributed by atoms with Crippen LogP contribution < -0.4 is 30.7 Å². The number of ether oxygens (including phenoxy) is 4. The summed E-state index contributed by atoms with van der Waals surface area (Å²) in [7, 11) is 0. The zero-order valence-electron chi connectivity index (χ0n) is 40.8. The Morgan fingerprint density at radius 1 is 0.595 bits per heavy atom. The fourth-order valence-corrected chi connectivity index (χ4v) is 7.20. The number of H-pyrrole nitrogens is 1. The topological polar surface area (TPSA) is 185 Å². The molecule has 0 saturated heterocycles. The summed E-state index contributed by atoms with van der Waals surface area (Å²) < 4.78 is 49.1. The SMILES string of the molecule is CC(C)(C(=O)NC(COCc1ccccc1)C(=O)Nc1ccc(Oc2ccc(F)cc2)cc1)c1cnc[nH]1.O=C(CN1CC=CC1)NC(COCc1ccccc1)C(=O)Nc1ccc(Oc2ccc(F)cc2)cc1. The van der Waals surface area contributed by atoms with E-state index in [1.165, 1.54) is 54.9 Å². The molecule has 6 aromatic carbocycles. The van der Waals surface area contributed by atoms with Crippen LogP contribution in [0, 0.1) is 11.6 Å². The third kappa shape index (κ3) is 16.8. The van der Waals surface area contributed by atoms with Gasteiger partial charge in [0.25, 0.3) is 0 Å². The van der Waals surface area contributed by atoms with Crippen LogP contribution in [0.1, 0.15) is 30.7 Å². The van der Waals surface area contributed by atoms with Crippen molar-refractivity contribution in [2.75, 3.05) is 43.5 Å². The van der Waals surface area contributed by atoms with Gasteiger partial charge in [0.05, 0.1) is 44.7 Å². The van der Waals surface area contributed by atoms with Gasteiger partial charge in [-0.15, -0.1) is 0 Å². The highest BCUT2D eigenvalue weighted by Gasteiger charge is 2.34. The number of carbonyl (C=O) groups excluding carboxylic acids is 4. The van der Waals surface area contributed by atoms with Gasteiger partial charge in [0, 0.05) is 36.4 Å². The minimum absolute atomic E-state index is 0.0243. The van der Waals surface area contributed by atoms with E-state index in [0.29, 0.717) is 66.4 Å². The summed E-state index contributed by atoms with van der Waals surface area (Å²) in [6, 6.07) is 42.2. The number of carbonyl (C=O) groups is 4. The highest BCUT2D eigenvalue weighted by molar-refractivity contribution is 5.99. The van der Waals surface area contributed by atoms with Crippen molar-refractivity contribution in [1.29, 1.82) is 0 Å². The van der Waals surface area contributed by atoms with Crippen LogP contribution in [-0.4, -0.2) is 83.4 Å². The summed E-state index contributed by atoms with van der Waals surface area (Å²) in [6.45, 7) is 5.72. The Morgan fingerprint density at radius 2 is 1.01 bits per heavy atom. The average Bonchev–Trinajstić information content (AvgIpc) is 4.16. The van der Waals surface area contributed by atoms with E-state index in [2.05, 4.69) is 31.2 Å². The molecule has 8 rings (SSSR count). The van der Waals surface area contributed by atoms with Crippen molar-refractivity contribution >= 4 is 35.0 Å². The molecule has 15 nitrogen and oxygen atoms in total. The number of rotatable bonds is 22. The molecule has 17 heteroatoms. The van der Waals surface area contributed by atoms with E-state index in [-0.39, 0.29) is 49.1 Å². The molecule has 0 saturated carbocycles. The lowest BCUT2D eigenvalue weighted by molar-refractivity contribution is -0.131. The number of hydrogen-bond acceptors (Lipinski definition) is 10. The highest BCUT2D eigenvalue weighted by atomic mass is 19.1. The Kier molecular flexibility index (Phi) is 19.3. The maximum absolute atomic E-state index is 13.2. The lowest BCUT2D eigenvalue weighted by atomic mass is 9.88. The van der Waals surface area contributed by atoms with Crippen molar-refractivity contribution in [2.24, 2.45) is 0 Å². The van der Waals surface area contributed by atoms with Gasteiger partial charge < -0.3 is 45.2 Å². The summed E-state index contributed by atoms with van der Waals surface area (Å²) >= 11 is 0. The van der Waals surface area contributed by atoms with E-state index < -0.39 is 23.4 Å². The molecule has 1 aliphatic heterocycles. The van der Waals surface area contributed by atoms with Crippen LogP contribution in [-0.2, 0) is 47.3 Å². The van der Waals surface area contributed by atoms with Gasteiger partial charge in [0.15, 0.2) is 0 Å². The molecule has 0 fully saturated rings.